The molecule has 1 amide bonds. The van der Waals surface area contributed by atoms with Gasteiger partial charge in [-0.25, -0.2) is 9.59 Å². The Balaban J connectivity index is 1.81. The number of nitrogens with one attached hydrogen (secondary N) is 1. The van der Waals surface area contributed by atoms with E-state index < -0.39 is 17.5 Å². The van der Waals surface area contributed by atoms with Gasteiger partial charge in [-0.3, -0.25) is 4.79 Å². The van der Waals surface area contributed by atoms with E-state index in [1.54, 1.807) is 25.1 Å². The molecule has 0 spiro atoms. The van der Waals surface area contributed by atoms with Crippen LogP contribution in [0.3, 0.4) is 0 Å². The molecule has 3 rings (SSSR count). The monoisotopic (exact) mass is 367 g/mol. The Morgan fingerprint density at radius 2 is 1.85 bits per heavy atom. The molecule has 0 fully saturated rings. The van der Waals surface area contributed by atoms with E-state index in [0.29, 0.717) is 22.2 Å². The average Bonchev–Trinajstić information content (AvgIpc) is 2.65. The number of rotatable bonds is 4. The topological polar surface area (TPSA) is 106 Å². The molecule has 0 aliphatic heterocycles. The van der Waals surface area contributed by atoms with E-state index in [1.807, 2.05) is 0 Å². The number of aromatic hydroxyl groups is 1. The molecule has 1 heterocycles. The maximum Gasteiger partial charge on any atom is 0.340 e. The third kappa shape index (κ3) is 3.82. The Bertz CT molecular complexity index is 1080. The zero-order chi connectivity index (χ0) is 19.6. The molecule has 0 bridgehead atoms. The summed E-state index contributed by atoms with van der Waals surface area (Å²) in [5.41, 5.74) is 1.36. The first-order chi connectivity index (χ1) is 12.9. The fraction of sp³-hybridized carbons (Fsp3) is 0.150. The Morgan fingerprint density at radius 1 is 1.15 bits per heavy atom. The van der Waals surface area contributed by atoms with Crippen molar-refractivity contribution in [2.75, 3.05) is 12.4 Å². The molecule has 7 nitrogen and oxygen atoms in total. The molecule has 7 heteroatoms. The predicted octanol–water partition coefficient (Wildman–Crippen LogP) is 2.77. The van der Waals surface area contributed by atoms with E-state index in [-0.39, 0.29) is 23.3 Å². The molecular weight excluding hydrogens is 350 g/mol. The highest BCUT2D eigenvalue weighted by atomic mass is 16.5. The molecule has 0 radical (unpaired) electrons. The van der Waals surface area contributed by atoms with Crippen molar-refractivity contribution in [1.29, 1.82) is 0 Å². The van der Waals surface area contributed by atoms with Crippen LogP contribution in [-0.4, -0.2) is 24.1 Å². The third-order valence-electron chi connectivity index (χ3n) is 4.20. The zero-order valence-corrected chi connectivity index (χ0v) is 14.7. The lowest BCUT2D eigenvalue weighted by molar-refractivity contribution is -0.115. The number of ether oxygens (including phenoxy) is 1. The fourth-order valence-corrected chi connectivity index (χ4v) is 2.76. The van der Waals surface area contributed by atoms with Crippen LogP contribution in [0.25, 0.3) is 11.0 Å². The van der Waals surface area contributed by atoms with E-state index >= 15 is 0 Å². The molecule has 2 N–H and O–H groups in total. The molecule has 0 aliphatic rings. The van der Waals surface area contributed by atoms with Crippen LogP contribution in [0.4, 0.5) is 5.69 Å². The van der Waals surface area contributed by atoms with Gasteiger partial charge in [0.25, 0.3) is 0 Å². The van der Waals surface area contributed by atoms with Crippen molar-refractivity contribution < 1.29 is 23.8 Å². The summed E-state index contributed by atoms with van der Waals surface area (Å²) in [6.07, 6.45) is -0.163. The normalized spacial score (nSPS) is 10.6. The maximum atomic E-state index is 12.3. The molecule has 0 aliphatic carbocycles. The van der Waals surface area contributed by atoms with Gasteiger partial charge >= 0.3 is 11.6 Å². The van der Waals surface area contributed by atoms with Gasteiger partial charge in [0.05, 0.1) is 24.7 Å². The van der Waals surface area contributed by atoms with Crippen molar-refractivity contribution in [3.63, 3.8) is 0 Å². The van der Waals surface area contributed by atoms with Crippen LogP contribution in [0, 0.1) is 6.92 Å². The minimum Gasteiger partial charge on any atom is -0.508 e. The SMILES string of the molecule is COC(=O)c1ccc(NC(=O)Cc2c(C)c3ccc(O)cc3oc2=O)cc1. The van der Waals surface area contributed by atoms with Crippen LogP contribution < -0.4 is 10.9 Å². The molecule has 3 aromatic rings. The Morgan fingerprint density at radius 3 is 2.52 bits per heavy atom. The maximum absolute atomic E-state index is 12.3. The Labute approximate surface area is 154 Å². The van der Waals surface area contributed by atoms with Crippen LogP contribution in [-0.2, 0) is 16.0 Å². The number of hydrogen-bond acceptors (Lipinski definition) is 6. The van der Waals surface area contributed by atoms with Crippen molar-refractivity contribution in [3.8, 4) is 5.75 Å². The predicted molar refractivity (Wildman–Crippen MR) is 99.0 cm³/mol. The smallest absolute Gasteiger partial charge is 0.340 e. The minimum atomic E-state index is -0.623. The summed E-state index contributed by atoms with van der Waals surface area (Å²) in [5, 5.41) is 12.8. The van der Waals surface area contributed by atoms with Gasteiger partial charge in [0.2, 0.25) is 5.91 Å². The summed E-state index contributed by atoms with van der Waals surface area (Å²) < 4.78 is 9.83. The number of aryl methyl sites for hydroxylation is 1. The summed E-state index contributed by atoms with van der Waals surface area (Å²) in [7, 11) is 1.29. The first-order valence-corrected chi connectivity index (χ1v) is 8.12. The second kappa shape index (κ2) is 7.33. The van der Waals surface area contributed by atoms with Crippen molar-refractivity contribution in [2.45, 2.75) is 13.3 Å². The number of carbonyl (C=O) groups is 2. The molecule has 0 atom stereocenters. The molecule has 0 saturated carbocycles. The summed E-state index contributed by atoms with van der Waals surface area (Å²) in [6, 6.07) is 10.7. The van der Waals surface area contributed by atoms with E-state index in [2.05, 4.69) is 10.1 Å². The van der Waals surface area contributed by atoms with E-state index in [1.165, 1.54) is 31.4 Å². The summed E-state index contributed by atoms with van der Waals surface area (Å²) in [6.45, 7) is 1.73. The number of phenols is 1. The van der Waals surface area contributed by atoms with Crippen molar-refractivity contribution in [2.24, 2.45) is 0 Å². The number of phenolic OH excluding ortho intramolecular Hbond substituents is 1. The van der Waals surface area contributed by atoms with Crippen LogP contribution in [0.5, 0.6) is 5.75 Å². The second-order valence-electron chi connectivity index (χ2n) is 5.97. The van der Waals surface area contributed by atoms with Gasteiger partial charge in [0, 0.05) is 17.1 Å². The Hall–Kier alpha value is -3.61. The van der Waals surface area contributed by atoms with Crippen molar-refractivity contribution in [1.82, 2.24) is 0 Å². The highest BCUT2D eigenvalue weighted by Gasteiger charge is 2.15. The lowest BCUT2D eigenvalue weighted by Gasteiger charge is -2.09. The number of fused-ring (bicyclic) bond motifs is 1. The lowest BCUT2D eigenvalue weighted by Crippen LogP contribution is -2.20. The van der Waals surface area contributed by atoms with E-state index in [4.69, 9.17) is 4.42 Å². The summed E-state index contributed by atoms with van der Waals surface area (Å²) in [4.78, 5) is 36.0. The average molecular weight is 367 g/mol. The van der Waals surface area contributed by atoms with E-state index in [0.717, 1.165) is 0 Å². The second-order valence-corrected chi connectivity index (χ2v) is 5.97. The molecule has 0 unspecified atom stereocenters. The van der Waals surface area contributed by atoms with Gasteiger partial charge in [-0.05, 0) is 48.9 Å². The van der Waals surface area contributed by atoms with Crippen LogP contribution in [0.2, 0.25) is 0 Å². The Kier molecular flexibility index (Phi) is 4.94. The zero-order valence-electron chi connectivity index (χ0n) is 14.7. The van der Waals surface area contributed by atoms with Crippen LogP contribution in [0.1, 0.15) is 21.5 Å². The molecule has 138 valence electrons. The molecule has 27 heavy (non-hydrogen) atoms. The summed E-state index contributed by atoms with van der Waals surface area (Å²) >= 11 is 0. The van der Waals surface area contributed by atoms with Crippen molar-refractivity contribution >= 4 is 28.5 Å². The van der Waals surface area contributed by atoms with Crippen molar-refractivity contribution in [3.05, 3.63) is 69.6 Å². The van der Waals surface area contributed by atoms with Crippen LogP contribution >= 0.6 is 0 Å². The largest absolute Gasteiger partial charge is 0.508 e. The van der Waals surface area contributed by atoms with Gasteiger partial charge in [0.15, 0.2) is 0 Å². The molecule has 1 aromatic heterocycles. The standard InChI is InChI=1S/C20H17NO6/c1-11-15-8-7-14(22)9-17(15)27-20(25)16(11)10-18(23)21-13-5-3-12(4-6-13)19(24)26-2/h3-9,22H,10H2,1-2H3,(H,21,23). The lowest BCUT2D eigenvalue weighted by atomic mass is 10.0. The number of hydrogen-bond donors (Lipinski definition) is 2. The number of carbonyl (C=O) groups excluding carboxylic acids is 2. The van der Waals surface area contributed by atoms with Gasteiger partial charge in [0.1, 0.15) is 11.3 Å². The highest BCUT2D eigenvalue weighted by molar-refractivity contribution is 5.94. The van der Waals surface area contributed by atoms with Gasteiger partial charge in [-0.1, -0.05) is 0 Å². The number of methoxy groups -OCH3 is 1. The first-order valence-electron chi connectivity index (χ1n) is 8.12. The quantitative estimate of drug-likeness (QED) is 0.543. The number of anilines is 1. The molecular formula is C20H17NO6. The van der Waals surface area contributed by atoms with E-state index in [9.17, 15) is 19.5 Å². The third-order valence-corrected chi connectivity index (χ3v) is 4.20. The fourth-order valence-electron chi connectivity index (χ4n) is 2.76. The first kappa shape index (κ1) is 18.2. The number of esters is 1. The number of benzene rings is 2. The highest BCUT2D eigenvalue weighted by Crippen LogP contribution is 2.23. The molecule has 2 aromatic carbocycles. The number of amides is 1. The van der Waals surface area contributed by atoms with Crippen LogP contribution in [0.15, 0.2) is 51.7 Å². The summed E-state index contributed by atoms with van der Waals surface area (Å²) in [5.74, 6) is -0.872. The van der Waals surface area contributed by atoms with Gasteiger partial charge in [-0.2, -0.15) is 0 Å². The molecule has 0 saturated heterocycles. The minimum absolute atomic E-state index is 0.00838. The van der Waals surface area contributed by atoms with Gasteiger partial charge in [-0.15, -0.1) is 0 Å². The van der Waals surface area contributed by atoms with Gasteiger partial charge < -0.3 is 19.6 Å².